The van der Waals surface area contributed by atoms with Crippen LogP contribution in [0.1, 0.15) is 21.9 Å². The summed E-state index contributed by atoms with van der Waals surface area (Å²) in [6, 6.07) is 3.58. The average Bonchev–Trinajstić information content (AvgIpc) is 2.91. The topological polar surface area (TPSA) is 60.1 Å². The Kier molecular flexibility index (Phi) is 3.33. The third-order valence-electron chi connectivity index (χ3n) is 2.48. The van der Waals surface area contributed by atoms with E-state index in [1.54, 1.807) is 30.1 Å². The van der Waals surface area contributed by atoms with Crippen LogP contribution in [0.15, 0.2) is 27.3 Å². The smallest absolute Gasteiger partial charge is 0.273 e. The number of carbonyl (C=O) groups is 1. The zero-order valence-corrected chi connectivity index (χ0v) is 11.1. The minimum Gasteiger partial charge on any atom is -0.467 e. The molecule has 0 aliphatic carbocycles. The van der Waals surface area contributed by atoms with Crippen LogP contribution in [-0.2, 0) is 13.6 Å². The van der Waals surface area contributed by atoms with Crippen molar-refractivity contribution in [2.75, 3.05) is 0 Å². The van der Waals surface area contributed by atoms with Gasteiger partial charge in [-0.15, -0.1) is 0 Å². The maximum absolute atomic E-state index is 11.9. The fourth-order valence-electron chi connectivity index (χ4n) is 1.39. The summed E-state index contributed by atoms with van der Waals surface area (Å²) in [5, 5.41) is 6.88. The lowest BCUT2D eigenvalue weighted by Crippen LogP contribution is -2.23. The van der Waals surface area contributed by atoms with E-state index in [1.807, 2.05) is 6.92 Å². The molecule has 0 fully saturated rings. The maximum atomic E-state index is 11.9. The Hall–Kier alpha value is -1.56. The summed E-state index contributed by atoms with van der Waals surface area (Å²) >= 11 is 3.35. The number of halogens is 1. The summed E-state index contributed by atoms with van der Waals surface area (Å²) in [7, 11) is 1.80. The molecule has 0 radical (unpaired) electrons. The fraction of sp³-hybridized carbons (Fsp3) is 0.273. The number of amides is 1. The van der Waals surface area contributed by atoms with Crippen molar-refractivity contribution in [3.8, 4) is 0 Å². The van der Waals surface area contributed by atoms with E-state index in [0.29, 0.717) is 18.0 Å². The Labute approximate surface area is 107 Å². The second-order valence-corrected chi connectivity index (χ2v) is 4.43. The van der Waals surface area contributed by atoms with Crippen molar-refractivity contribution < 1.29 is 9.21 Å². The Morgan fingerprint density at radius 1 is 1.65 bits per heavy atom. The first-order valence-corrected chi connectivity index (χ1v) is 5.88. The second-order valence-electron chi connectivity index (χ2n) is 3.63. The maximum Gasteiger partial charge on any atom is 0.273 e. The molecule has 0 saturated carbocycles. The van der Waals surface area contributed by atoms with E-state index in [0.717, 1.165) is 10.2 Å². The lowest BCUT2D eigenvalue weighted by Gasteiger charge is -2.00. The Bertz CT molecular complexity index is 531. The van der Waals surface area contributed by atoms with Gasteiger partial charge in [-0.2, -0.15) is 5.10 Å². The molecule has 0 atom stereocenters. The van der Waals surface area contributed by atoms with Gasteiger partial charge in [-0.25, -0.2) is 0 Å². The molecule has 0 saturated heterocycles. The first-order valence-electron chi connectivity index (χ1n) is 5.09. The van der Waals surface area contributed by atoms with Crippen LogP contribution in [0.25, 0.3) is 0 Å². The largest absolute Gasteiger partial charge is 0.467 e. The van der Waals surface area contributed by atoms with Crippen molar-refractivity contribution >= 4 is 21.8 Å². The molecular formula is C11H12BrN3O2. The molecule has 0 aliphatic heterocycles. The highest BCUT2D eigenvalue weighted by atomic mass is 79.9. The van der Waals surface area contributed by atoms with Crippen LogP contribution in [-0.4, -0.2) is 15.7 Å². The van der Waals surface area contributed by atoms with E-state index >= 15 is 0 Å². The molecule has 0 spiro atoms. The number of aryl methyl sites for hydroxylation is 1. The molecule has 0 bridgehead atoms. The first kappa shape index (κ1) is 11.9. The summed E-state index contributed by atoms with van der Waals surface area (Å²) < 4.78 is 7.50. The molecular weight excluding hydrogens is 286 g/mol. The van der Waals surface area contributed by atoms with Crippen molar-refractivity contribution in [2.45, 2.75) is 13.5 Å². The van der Waals surface area contributed by atoms with Gasteiger partial charge in [0.1, 0.15) is 5.76 Å². The third kappa shape index (κ3) is 2.41. The van der Waals surface area contributed by atoms with E-state index in [4.69, 9.17) is 4.42 Å². The summed E-state index contributed by atoms with van der Waals surface area (Å²) in [5.74, 6) is 0.485. The van der Waals surface area contributed by atoms with Crippen LogP contribution < -0.4 is 5.32 Å². The van der Waals surface area contributed by atoms with Crippen molar-refractivity contribution in [1.82, 2.24) is 15.1 Å². The molecule has 6 heteroatoms. The number of nitrogens with zero attached hydrogens (tertiary/aromatic N) is 2. The number of hydrogen-bond donors (Lipinski definition) is 1. The number of aromatic nitrogens is 2. The van der Waals surface area contributed by atoms with Crippen LogP contribution in [0, 0.1) is 6.92 Å². The molecule has 17 heavy (non-hydrogen) atoms. The van der Waals surface area contributed by atoms with E-state index in [2.05, 4.69) is 26.3 Å². The van der Waals surface area contributed by atoms with Gasteiger partial charge in [-0.1, -0.05) is 0 Å². The molecule has 2 rings (SSSR count). The predicted octanol–water partition coefficient (Wildman–Crippen LogP) is 2.01. The van der Waals surface area contributed by atoms with Crippen LogP contribution >= 0.6 is 15.9 Å². The van der Waals surface area contributed by atoms with Gasteiger partial charge in [-0.05, 0) is 35.0 Å². The van der Waals surface area contributed by atoms with E-state index in [-0.39, 0.29) is 5.91 Å². The first-order chi connectivity index (χ1) is 8.09. The summed E-state index contributed by atoms with van der Waals surface area (Å²) in [6.07, 6.45) is 1.57. The highest BCUT2D eigenvalue weighted by Gasteiger charge is 2.17. The molecule has 90 valence electrons. The molecule has 2 heterocycles. The number of carbonyl (C=O) groups excluding carboxylic acids is 1. The zero-order chi connectivity index (χ0) is 12.4. The van der Waals surface area contributed by atoms with Gasteiger partial charge in [0.05, 0.1) is 23.0 Å². The highest BCUT2D eigenvalue weighted by Crippen LogP contribution is 2.19. The monoisotopic (exact) mass is 297 g/mol. The Balaban J connectivity index is 2.07. The van der Waals surface area contributed by atoms with Gasteiger partial charge in [0, 0.05) is 7.05 Å². The van der Waals surface area contributed by atoms with Gasteiger partial charge < -0.3 is 9.73 Å². The molecule has 5 nitrogen and oxygen atoms in total. The molecule has 1 N–H and O–H groups in total. The van der Waals surface area contributed by atoms with Crippen molar-refractivity contribution in [1.29, 1.82) is 0 Å². The van der Waals surface area contributed by atoms with Crippen molar-refractivity contribution in [3.05, 3.63) is 40.0 Å². The van der Waals surface area contributed by atoms with Crippen LogP contribution in [0.3, 0.4) is 0 Å². The summed E-state index contributed by atoms with van der Waals surface area (Å²) in [5.41, 5.74) is 1.30. The van der Waals surface area contributed by atoms with Crippen LogP contribution in [0.4, 0.5) is 0 Å². The molecule has 0 aliphatic rings. The lowest BCUT2D eigenvalue weighted by molar-refractivity contribution is 0.0941. The quantitative estimate of drug-likeness (QED) is 0.943. The zero-order valence-electron chi connectivity index (χ0n) is 9.53. The van der Waals surface area contributed by atoms with Crippen LogP contribution in [0.5, 0.6) is 0 Å². The number of hydrogen-bond acceptors (Lipinski definition) is 3. The van der Waals surface area contributed by atoms with Crippen molar-refractivity contribution in [2.24, 2.45) is 7.05 Å². The Morgan fingerprint density at radius 3 is 2.94 bits per heavy atom. The van der Waals surface area contributed by atoms with Crippen LogP contribution in [0.2, 0.25) is 0 Å². The predicted molar refractivity (Wildman–Crippen MR) is 65.5 cm³/mol. The number of rotatable bonds is 3. The molecule has 0 unspecified atom stereocenters. The molecule has 0 aromatic carbocycles. The number of nitrogens with one attached hydrogen (secondary N) is 1. The average molecular weight is 298 g/mol. The molecule has 1 amide bonds. The molecule has 2 aromatic rings. The summed E-state index contributed by atoms with van der Waals surface area (Å²) in [6.45, 7) is 2.24. The van der Waals surface area contributed by atoms with Gasteiger partial charge >= 0.3 is 0 Å². The van der Waals surface area contributed by atoms with E-state index in [1.165, 1.54) is 0 Å². The lowest BCUT2D eigenvalue weighted by atomic mass is 10.3. The second kappa shape index (κ2) is 4.75. The highest BCUT2D eigenvalue weighted by molar-refractivity contribution is 9.10. The SMILES string of the molecule is Cc1c(Br)c(C(=O)NCc2ccco2)nn1C. The standard InChI is InChI=1S/C11H12BrN3O2/c1-7-9(12)10(14-15(7)2)11(16)13-6-8-4-3-5-17-8/h3-5H,6H2,1-2H3,(H,13,16). The minimum absolute atomic E-state index is 0.225. The van der Waals surface area contributed by atoms with E-state index < -0.39 is 0 Å². The van der Waals surface area contributed by atoms with Crippen molar-refractivity contribution in [3.63, 3.8) is 0 Å². The normalized spacial score (nSPS) is 10.5. The third-order valence-corrected chi connectivity index (χ3v) is 3.43. The summed E-state index contributed by atoms with van der Waals surface area (Å²) in [4.78, 5) is 11.9. The number of furan rings is 1. The Morgan fingerprint density at radius 2 is 2.41 bits per heavy atom. The van der Waals surface area contributed by atoms with Gasteiger partial charge in [0.25, 0.3) is 5.91 Å². The van der Waals surface area contributed by atoms with Gasteiger partial charge in [0.15, 0.2) is 5.69 Å². The molecule has 2 aromatic heterocycles. The van der Waals surface area contributed by atoms with E-state index in [9.17, 15) is 4.79 Å². The van der Waals surface area contributed by atoms with Gasteiger partial charge in [0.2, 0.25) is 0 Å². The fourth-order valence-corrected chi connectivity index (χ4v) is 1.91. The van der Waals surface area contributed by atoms with Gasteiger partial charge in [-0.3, -0.25) is 9.48 Å². The minimum atomic E-state index is -0.225.